The lowest BCUT2D eigenvalue weighted by molar-refractivity contribution is -0.734. The van der Waals surface area contributed by atoms with Crippen molar-refractivity contribution in [2.45, 2.75) is 51.8 Å². The molecule has 1 N–H and O–H groups in total. The van der Waals surface area contributed by atoms with Gasteiger partial charge in [0.2, 0.25) is 6.33 Å². The number of amides is 1. The van der Waals surface area contributed by atoms with E-state index in [1.54, 1.807) is 0 Å². The Morgan fingerprint density at radius 2 is 1.33 bits per heavy atom. The fraction of sp³-hybridized carbons (Fsp3) is 0.243. The van der Waals surface area contributed by atoms with Crippen LogP contribution in [-0.4, -0.2) is 22.8 Å². The normalized spacial score (nSPS) is 11.7. The fourth-order valence-corrected chi connectivity index (χ4v) is 5.63. The van der Waals surface area contributed by atoms with E-state index < -0.39 is 17.2 Å². The van der Waals surface area contributed by atoms with Crippen LogP contribution in [-0.2, 0) is 23.2 Å². The second kappa shape index (κ2) is 12.5. The Hall–Kier alpha value is -4.64. The molecule has 0 aliphatic heterocycles. The van der Waals surface area contributed by atoms with Gasteiger partial charge in [0.25, 0.3) is 0 Å². The van der Waals surface area contributed by atoms with Gasteiger partial charge in [0, 0.05) is 29.7 Å². The van der Waals surface area contributed by atoms with Gasteiger partial charge in [-0.3, -0.25) is 0 Å². The van der Waals surface area contributed by atoms with Crippen molar-refractivity contribution in [3.63, 3.8) is 0 Å². The minimum Gasteiger partial charge on any atom is -0.444 e. The van der Waals surface area contributed by atoms with E-state index in [9.17, 15) is 4.79 Å². The molecule has 5 rings (SSSR count). The van der Waals surface area contributed by atoms with Crippen molar-refractivity contribution >= 4 is 6.09 Å². The van der Waals surface area contributed by atoms with Crippen LogP contribution >= 0.6 is 0 Å². The van der Waals surface area contributed by atoms with Gasteiger partial charge >= 0.3 is 6.09 Å². The molecule has 0 bridgehead atoms. The Kier molecular flexibility index (Phi) is 8.58. The third-order valence-corrected chi connectivity index (χ3v) is 7.37. The molecule has 0 aliphatic carbocycles. The zero-order chi connectivity index (χ0) is 29.6. The van der Waals surface area contributed by atoms with Crippen molar-refractivity contribution in [1.82, 2.24) is 9.88 Å². The average molecular weight is 559 g/mol. The van der Waals surface area contributed by atoms with Gasteiger partial charge in [-0.05, 0) is 33.3 Å². The highest BCUT2D eigenvalue weighted by atomic mass is 16.6. The number of imidazole rings is 1. The molecule has 42 heavy (non-hydrogen) atoms. The molecule has 1 aromatic heterocycles. The fourth-order valence-electron chi connectivity index (χ4n) is 5.63. The summed E-state index contributed by atoms with van der Waals surface area (Å²) >= 11 is 0. The average Bonchev–Trinajstić information content (AvgIpc) is 3.36. The molecular formula is C37H40N3O2+. The molecular weight excluding hydrogens is 518 g/mol. The summed E-state index contributed by atoms with van der Waals surface area (Å²) in [6.07, 6.45) is 4.70. The molecule has 0 spiro atoms. The van der Waals surface area contributed by atoms with Crippen LogP contribution < -0.4 is 9.88 Å². The summed E-state index contributed by atoms with van der Waals surface area (Å²) in [6.45, 7) is 8.92. The summed E-state index contributed by atoms with van der Waals surface area (Å²) < 4.78 is 10.1. The van der Waals surface area contributed by atoms with E-state index in [4.69, 9.17) is 4.74 Å². The van der Waals surface area contributed by atoms with Gasteiger partial charge in [0.15, 0.2) is 5.54 Å². The van der Waals surface area contributed by atoms with Crippen LogP contribution in [0.4, 0.5) is 4.79 Å². The highest BCUT2D eigenvalue weighted by Crippen LogP contribution is 2.36. The zero-order valence-electron chi connectivity index (χ0n) is 25.0. The van der Waals surface area contributed by atoms with Gasteiger partial charge in [-0.25, -0.2) is 13.9 Å². The van der Waals surface area contributed by atoms with Gasteiger partial charge in [-0.1, -0.05) is 121 Å². The smallest absolute Gasteiger partial charge is 0.407 e. The SMILES string of the molecule is Cc1cccc(Cn2c[n+](C(c3ccccc3)(c3ccccc3)c3ccccc3)cc2CCNC(=O)OC(C)(C)C)c1. The number of carbonyl (C=O) groups excluding carboxylic acids is 1. The maximum Gasteiger partial charge on any atom is 0.407 e. The first-order valence-corrected chi connectivity index (χ1v) is 14.6. The van der Waals surface area contributed by atoms with Gasteiger partial charge in [0.05, 0.1) is 0 Å². The first-order chi connectivity index (χ1) is 20.3. The maximum absolute atomic E-state index is 12.4. The van der Waals surface area contributed by atoms with E-state index in [0.717, 1.165) is 5.69 Å². The van der Waals surface area contributed by atoms with Crippen LogP contribution in [0.1, 0.15) is 54.3 Å². The maximum atomic E-state index is 12.4. The lowest BCUT2D eigenvalue weighted by atomic mass is 9.77. The minimum absolute atomic E-state index is 0.403. The van der Waals surface area contributed by atoms with Gasteiger partial charge < -0.3 is 10.1 Å². The van der Waals surface area contributed by atoms with E-state index >= 15 is 0 Å². The van der Waals surface area contributed by atoms with Crippen molar-refractivity contribution in [3.05, 3.63) is 161 Å². The molecule has 0 saturated carbocycles. The summed E-state index contributed by atoms with van der Waals surface area (Å²) in [5.74, 6) is 0. The van der Waals surface area contributed by atoms with Crippen LogP contribution in [0.15, 0.2) is 128 Å². The van der Waals surface area contributed by atoms with Crippen LogP contribution in [0, 0.1) is 6.92 Å². The monoisotopic (exact) mass is 558 g/mol. The summed E-state index contributed by atoms with van der Waals surface area (Å²) in [4.78, 5) is 12.4. The number of alkyl carbamates (subject to hydrolysis) is 1. The number of ether oxygens (including phenoxy) is 1. The Morgan fingerprint density at radius 1 is 0.786 bits per heavy atom. The predicted molar refractivity (Wildman–Crippen MR) is 167 cm³/mol. The third-order valence-electron chi connectivity index (χ3n) is 7.37. The van der Waals surface area contributed by atoms with Crippen molar-refractivity contribution in [2.75, 3.05) is 6.54 Å². The molecule has 1 amide bonds. The summed E-state index contributed by atoms with van der Waals surface area (Å²) in [6, 6.07) is 40.6. The van der Waals surface area contributed by atoms with Crippen LogP contribution in [0.3, 0.4) is 0 Å². The molecule has 5 aromatic rings. The third kappa shape index (κ3) is 6.46. The molecule has 0 unspecified atom stereocenters. The summed E-state index contributed by atoms with van der Waals surface area (Å²) in [5.41, 5.74) is 5.90. The molecule has 0 radical (unpaired) electrons. The minimum atomic E-state index is -0.616. The number of aromatic nitrogens is 2. The molecule has 0 saturated heterocycles. The Labute approximate surface area is 249 Å². The quantitative estimate of drug-likeness (QED) is 0.156. The second-order valence-electron chi connectivity index (χ2n) is 11.7. The van der Waals surface area contributed by atoms with Crippen molar-refractivity contribution in [3.8, 4) is 0 Å². The number of nitrogens with zero attached hydrogens (tertiary/aromatic N) is 2. The predicted octanol–water partition coefficient (Wildman–Crippen LogP) is 7.04. The number of benzene rings is 4. The van der Waals surface area contributed by atoms with Crippen LogP contribution in [0.5, 0.6) is 0 Å². The Bertz CT molecular complexity index is 1510. The van der Waals surface area contributed by atoms with Crippen molar-refractivity contribution in [2.24, 2.45) is 0 Å². The number of hydrogen-bond donors (Lipinski definition) is 1. The molecule has 0 fully saturated rings. The van der Waals surface area contributed by atoms with Gasteiger partial charge in [-0.15, -0.1) is 0 Å². The lowest BCUT2D eigenvalue weighted by Crippen LogP contribution is -2.57. The van der Waals surface area contributed by atoms with Gasteiger partial charge in [0.1, 0.15) is 24.0 Å². The molecule has 5 heteroatoms. The summed E-state index contributed by atoms with van der Waals surface area (Å²) in [5, 5.41) is 2.95. The molecule has 5 nitrogen and oxygen atoms in total. The number of hydrogen-bond acceptors (Lipinski definition) is 2. The van der Waals surface area contributed by atoms with E-state index in [-0.39, 0.29) is 0 Å². The molecule has 0 aliphatic rings. The first kappa shape index (κ1) is 28.9. The molecule has 4 aromatic carbocycles. The van der Waals surface area contributed by atoms with Crippen molar-refractivity contribution in [1.29, 1.82) is 0 Å². The molecule has 214 valence electrons. The Morgan fingerprint density at radius 3 is 1.83 bits per heavy atom. The van der Waals surface area contributed by atoms with E-state index in [1.165, 1.54) is 27.8 Å². The van der Waals surface area contributed by atoms with Crippen LogP contribution in [0.2, 0.25) is 0 Å². The van der Waals surface area contributed by atoms with E-state index in [0.29, 0.717) is 19.5 Å². The first-order valence-electron chi connectivity index (χ1n) is 14.6. The largest absolute Gasteiger partial charge is 0.444 e. The van der Waals surface area contributed by atoms with Crippen LogP contribution in [0.25, 0.3) is 0 Å². The van der Waals surface area contributed by atoms with E-state index in [1.807, 2.05) is 20.8 Å². The summed E-state index contributed by atoms with van der Waals surface area (Å²) in [7, 11) is 0. The zero-order valence-corrected chi connectivity index (χ0v) is 25.0. The standard InChI is InChI=1S/C37H39N3O2/c1-29-15-14-16-30(25-29)26-39-28-40(27-34(39)23-24-38-35(41)42-36(2,3)4)37(31-17-8-5-9-18-31,32-19-10-6-11-20-32)33-21-12-7-13-22-33/h5-22,25,27-28H,23-24,26H2,1-4H3/p+1. The highest BCUT2D eigenvalue weighted by molar-refractivity contribution is 5.67. The number of aryl methyl sites for hydroxylation is 1. The number of carbonyl (C=O) groups is 1. The Balaban J connectivity index is 1.65. The lowest BCUT2D eigenvalue weighted by Gasteiger charge is -2.32. The molecule has 0 atom stereocenters. The number of rotatable bonds is 9. The molecule has 1 heterocycles. The second-order valence-corrected chi connectivity index (χ2v) is 11.7. The highest BCUT2D eigenvalue weighted by Gasteiger charge is 2.43. The van der Waals surface area contributed by atoms with Crippen molar-refractivity contribution < 1.29 is 14.1 Å². The van der Waals surface area contributed by atoms with Gasteiger partial charge in [-0.2, -0.15) is 0 Å². The number of nitrogens with one attached hydrogen (secondary N) is 1. The van der Waals surface area contributed by atoms with E-state index in [2.05, 4.69) is 149 Å². The topological polar surface area (TPSA) is 47.1 Å².